The third-order valence-electron chi connectivity index (χ3n) is 3.05. The minimum atomic E-state index is -2.99. The Bertz CT molecular complexity index is 289. The average Bonchev–Trinajstić information content (AvgIpc) is 2.48. The highest BCUT2D eigenvalue weighted by molar-refractivity contribution is 7.88. The van der Waals surface area contributed by atoms with Crippen molar-refractivity contribution in [2.75, 3.05) is 25.9 Å². The van der Waals surface area contributed by atoms with Crippen molar-refractivity contribution in [3.05, 3.63) is 0 Å². The van der Waals surface area contributed by atoms with Crippen LogP contribution in [0.25, 0.3) is 0 Å². The van der Waals surface area contributed by atoms with Gasteiger partial charge in [-0.3, -0.25) is 0 Å². The van der Waals surface area contributed by atoms with Crippen LogP contribution >= 0.6 is 0 Å². The van der Waals surface area contributed by atoms with Gasteiger partial charge in [-0.1, -0.05) is 0 Å². The molecule has 0 bridgehead atoms. The predicted octanol–water partition coefficient (Wildman–Crippen LogP) is -0.370. The van der Waals surface area contributed by atoms with Gasteiger partial charge in [0.2, 0.25) is 10.0 Å². The largest absolute Gasteiger partial charge is 0.315 e. The lowest BCUT2D eigenvalue weighted by atomic mass is 9.94. The van der Waals surface area contributed by atoms with Gasteiger partial charge in [0.1, 0.15) is 0 Å². The molecule has 2 fully saturated rings. The molecule has 13 heavy (non-hydrogen) atoms. The summed E-state index contributed by atoms with van der Waals surface area (Å²) in [7, 11) is -2.99. The smallest absolute Gasteiger partial charge is 0.211 e. The minimum Gasteiger partial charge on any atom is -0.315 e. The van der Waals surface area contributed by atoms with Crippen LogP contribution in [0.1, 0.15) is 12.8 Å². The van der Waals surface area contributed by atoms with Gasteiger partial charge in [-0.25, -0.2) is 8.42 Å². The maximum atomic E-state index is 11.4. The van der Waals surface area contributed by atoms with Crippen molar-refractivity contribution in [1.29, 1.82) is 0 Å². The van der Waals surface area contributed by atoms with Crippen LogP contribution in [0.2, 0.25) is 0 Å². The summed E-state index contributed by atoms with van der Waals surface area (Å²) in [5.74, 6) is 0.545. The first-order chi connectivity index (χ1) is 6.09. The number of fused-ring (bicyclic) bond motifs is 1. The first-order valence-corrected chi connectivity index (χ1v) is 6.61. The van der Waals surface area contributed by atoms with Crippen molar-refractivity contribution in [3.63, 3.8) is 0 Å². The van der Waals surface area contributed by atoms with E-state index in [9.17, 15) is 8.42 Å². The van der Waals surface area contributed by atoms with Crippen molar-refractivity contribution in [2.24, 2.45) is 5.92 Å². The first kappa shape index (κ1) is 9.43. The van der Waals surface area contributed by atoms with E-state index in [0.717, 1.165) is 19.5 Å². The molecular formula is C8H16N2O2S. The van der Waals surface area contributed by atoms with Crippen molar-refractivity contribution >= 4 is 10.0 Å². The van der Waals surface area contributed by atoms with Crippen molar-refractivity contribution < 1.29 is 8.42 Å². The fraction of sp³-hybridized carbons (Fsp3) is 1.00. The Morgan fingerprint density at radius 2 is 2.15 bits per heavy atom. The molecule has 0 amide bonds. The molecule has 2 rings (SSSR count). The Kier molecular flexibility index (Phi) is 2.33. The molecule has 0 aliphatic carbocycles. The first-order valence-electron chi connectivity index (χ1n) is 4.76. The quantitative estimate of drug-likeness (QED) is 0.634. The van der Waals surface area contributed by atoms with Gasteiger partial charge in [0.15, 0.2) is 0 Å². The molecule has 2 aliphatic heterocycles. The van der Waals surface area contributed by atoms with Gasteiger partial charge in [0.05, 0.1) is 6.26 Å². The lowest BCUT2D eigenvalue weighted by Crippen LogP contribution is -2.47. The van der Waals surface area contributed by atoms with Gasteiger partial charge in [-0.15, -0.1) is 0 Å². The Labute approximate surface area is 79.4 Å². The van der Waals surface area contributed by atoms with E-state index in [1.165, 1.54) is 12.7 Å². The molecule has 4 nitrogen and oxygen atoms in total. The third kappa shape index (κ3) is 1.73. The minimum absolute atomic E-state index is 0.226. The molecule has 1 N–H and O–H groups in total. The summed E-state index contributed by atoms with van der Waals surface area (Å²) in [4.78, 5) is 0. The highest BCUT2D eigenvalue weighted by Crippen LogP contribution is 2.27. The topological polar surface area (TPSA) is 49.4 Å². The Balaban J connectivity index is 2.19. The molecule has 0 aromatic rings. The van der Waals surface area contributed by atoms with E-state index in [1.807, 2.05) is 0 Å². The number of nitrogens with one attached hydrogen (secondary N) is 1. The summed E-state index contributed by atoms with van der Waals surface area (Å²) in [5, 5.41) is 3.26. The molecule has 0 spiro atoms. The lowest BCUT2D eigenvalue weighted by Gasteiger charge is -2.34. The van der Waals surface area contributed by atoms with Crippen LogP contribution in [-0.4, -0.2) is 44.7 Å². The van der Waals surface area contributed by atoms with E-state index in [2.05, 4.69) is 5.32 Å². The van der Waals surface area contributed by atoms with Gasteiger partial charge in [0, 0.05) is 19.1 Å². The normalized spacial score (nSPS) is 36.1. The summed E-state index contributed by atoms with van der Waals surface area (Å²) >= 11 is 0. The number of piperidine rings is 1. The predicted molar refractivity (Wildman–Crippen MR) is 50.9 cm³/mol. The van der Waals surface area contributed by atoms with Crippen molar-refractivity contribution in [3.8, 4) is 0 Å². The molecule has 0 radical (unpaired) electrons. The van der Waals surface area contributed by atoms with Crippen LogP contribution in [0.15, 0.2) is 0 Å². The van der Waals surface area contributed by atoms with Crippen LogP contribution in [0.5, 0.6) is 0 Å². The summed E-state index contributed by atoms with van der Waals surface area (Å²) in [6.07, 6.45) is 3.49. The van der Waals surface area contributed by atoms with E-state index in [4.69, 9.17) is 0 Å². The number of sulfonamides is 1. The zero-order chi connectivity index (χ0) is 9.47. The second-order valence-electron chi connectivity index (χ2n) is 4.00. The Morgan fingerprint density at radius 1 is 1.38 bits per heavy atom. The molecule has 2 unspecified atom stereocenters. The zero-order valence-corrected chi connectivity index (χ0v) is 8.68. The summed E-state index contributed by atoms with van der Waals surface area (Å²) in [6, 6.07) is 0.226. The number of rotatable bonds is 1. The fourth-order valence-corrected chi connectivity index (χ4v) is 3.64. The van der Waals surface area contributed by atoms with Crippen molar-refractivity contribution in [1.82, 2.24) is 9.62 Å². The third-order valence-corrected chi connectivity index (χ3v) is 4.36. The van der Waals surface area contributed by atoms with Crippen LogP contribution in [0.3, 0.4) is 0 Å². The second-order valence-corrected chi connectivity index (χ2v) is 5.94. The van der Waals surface area contributed by atoms with Gasteiger partial charge in [0.25, 0.3) is 0 Å². The number of nitrogens with zero attached hydrogens (tertiary/aromatic N) is 1. The van der Waals surface area contributed by atoms with Crippen LogP contribution in [0, 0.1) is 5.92 Å². The molecule has 2 heterocycles. The van der Waals surface area contributed by atoms with Crippen LogP contribution < -0.4 is 5.32 Å². The van der Waals surface area contributed by atoms with Gasteiger partial charge >= 0.3 is 0 Å². The van der Waals surface area contributed by atoms with E-state index in [1.54, 1.807) is 4.31 Å². The van der Waals surface area contributed by atoms with Gasteiger partial charge in [-0.2, -0.15) is 4.31 Å². The number of hydrogen-bond donors (Lipinski definition) is 1. The maximum Gasteiger partial charge on any atom is 0.211 e. The Morgan fingerprint density at radius 3 is 2.85 bits per heavy atom. The lowest BCUT2D eigenvalue weighted by molar-refractivity contribution is 0.218. The number of hydrogen-bond acceptors (Lipinski definition) is 3. The summed E-state index contributed by atoms with van der Waals surface area (Å²) < 4.78 is 24.5. The molecular weight excluding hydrogens is 188 g/mol. The molecule has 0 aromatic heterocycles. The van der Waals surface area contributed by atoms with Gasteiger partial charge in [-0.05, 0) is 25.3 Å². The molecule has 2 atom stereocenters. The van der Waals surface area contributed by atoms with Crippen LogP contribution in [0.4, 0.5) is 0 Å². The SMILES string of the molecule is CS(=O)(=O)N1CCCC2CNCC21. The fourth-order valence-electron chi connectivity index (χ4n) is 2.44. The summed E-state index contributed by atoms with van der Waals surface area (Å²) in [6.45, 7) is 2.52. The van der Waals surface area contributed by atoms with Crippen molar-refractivity contribution in [2.45, 2.75) is 18.9 Å². The molecule has 2 saturated heterocycles. The Hall–Kier alpha value is -0.130. The van der Waals surface area contributed by atoms with E-state index >= 15 is 0 Å². The van der Waals surface area contributed by atoms with E-state index in [0.29, 0.717) is 12.5 Å². The summed E-state index contributed by atoms with van der Waals surface area (Å²) in [5.41, 5.74) is 0. The second kappa shape index (κ2) is 3.22. The standard InChI is InChI=1S/C8H16N2O2S/c1-13(11,12)10-4-2-3-7-5-9-6-8(7)10/h7-9H,2-6H2,1H3. The van der Waals surface area contributed by atoms with E-state index in [-0.39, 0.29) is 6.04 Å². The molecule has 0 saturated carbocycles. The molecule has 2 aliphatic rings. The molecule has 0 aromatic carbocycles. The monoisotopic (exact) mass is 204 g/mol. The zero-order valence-electron chi connectivity index (χ0n) is 7.86. The molecule has 76 valence electrons. The highest BCUT2D eigenvalue weighted by atomic mass is 32.2. The van der Waals surface area contributed by atoms with Crippen LogP contribution in [-0.2, 0) is 10.0 Å². The van der Waals surface area contributed by atoms with E-state index < -0.39 is 10.0 Å². The molecule has 5 heteroatoms. The van der Waals surface area contributed by atoms with Gasteiger partial charge < -0.3 is 5.32 Å². The highest BCUT2D eigenvalue weighted by Gasteiger charge is 2.38. The average molecular weight is 204 g/mol. The maximum absolute atomic E-state index is 11.4.